The van der Waals surface area contributed by atoms with E-state index < -0.39 is 5.41 Å². The van der Waals surface area contributed by atoms with E-state index in [0.29, 0.717) is 0 Å². The topological polar surface area (TPSA) is 21.3 Å². The Morgan fingerprint density at radius 1 is 0.414 bits per heavy atom. The molecule has 1 spiro atoms. The highest BCUT2D eigenvalue weighted by atomic mass is 16.3. The Hall–Kier alpha value is -7.62. The number of rotatable bonds is 4. The molecule has 3 heterocycles. The third-order valence-corrected chi connectivity index (χ3v) is 12.8. The lowest BCUT2D eigenvalue weighted by atomic mass is 9.65. The second kappa shape index (κ2) is 11.7. The van der Waals surface area contributed by atoms with Crippen molar-refractivity contribution in [3.8, 4) is 27.9 Å². The van der Waals surface area contributed by atoms with Gasteiger partial charge in [-0.2, -0.15) is 0 Å². The molecule has 11 aromatic rings. The Balaban J connectivity index is 1.15. The van der Waals surface area contributed by atoms with Crippen LogP contribution in [0.25, 0.3) is 71.7 Å². The van der Waals surface area contributed by atoms with Crippen molar-refractivity contribution in [2.75, 3.05) is 4.90 Å². The van der Waals surface area contributed by atoms with Gasteiger partial charge in [0.25, 0.3) is 0 Å². The maximum absolute atomic E-state index is 6.85. The van der Waals surface area contributed by atoms with Crippen molar-refractivity contribution in [3.05, 3.63) is 229 Å². The normalized spacial score (nSPS) is 15.0. The minimum absolute atomic E-state index is 0.618. The fourth-order valence-electron chi connectivity index (χ4n) is 10.4. The number of nitrogens with zero attached hydrogens (tertiary/aromatic N) is 2. The van der Waals surface area contributed by atoms with Crippen LogP contribution in [0.5, 0.6) is 0 Å². The Labute approximate surface area is 335 Å². The molecule has 0 radical (unpaired) electrons. The molecule has 0 fully saturated rings. The van der Waals surface area contributed by atoms with Crippen molar-refractivity contribution in [3.63, 3.8) is 0 Å². The lowest BCUT2D eigenvalue weighted by Gasteiger charge is -2.40. The molecule has 1 unspecified atom stereocenters. The lowest BCUT2D eigenvalue weighted by molar-refractivity contribution is 0.672. The van der Waals surface area contributed by atoms with Crippen molar-refractivity contribution in [1.29, 1.82) is 0 Å². The van der Waals surface area contributed by atoms with Crippen LogP contribution in [0.3, 0.4) is 0 Å². The molecule has 0 saturated heterocycles. The number of benzene rings is 9. The number of hydrogen-bond acceptors (Lipinski definition) is 2. The molecule has 2 aliphatic rings. The van der Waals surface area contributed by atoms with Crippen LogP contribution in [0, 0.1) is 0 Å². The van der Waals surface area contributed by atoms with Gasteiger partial charge in [0.1, 0.15) is 11.2 Å². The van der Waals surface area contributed by atoms with Crippen molar-refractivity contribution in [2.45, 2.75) is 5.41 Å². The SMILES string of the molecule is c1ccc(-c2ccc(N(c3ccccc3)c3ccc4c(c3)C3(c5ccccc5-4)c4ccccc4-n4c5ccccc5c5c6oc7ccccc7c6cc3c54)cc2)cc1. The van der Waals surface area contributed by atoms with Gasteiger partial charge in [-0.05, 0) is 105 Å². The Kier molecular flexibility index (Phi) is 6.37. The number of hydrogen-bond donors (Lipinski definition) is 0. The molecule has 3 nitrogen and oxygen atoms in total. The zero-order chi connectivity index (χ0) is 38.0. The second-order valence-electron chi connectivity index (χ2n) is 15.6. The maximum atomic E-state index is 6.85. The molecule has 270 valence electrons. The van der Waals surface area contributed by atoms with Gasteiger partial charge in [-0.25, -0.2) is 0 Å². The first-order chi connectivity index (χ1) is 28.8. The number of furan rings is 1. The minimum Gasteiger partial charge on any atom is -0.455 e. The van der Waals surface area contributed by atoms with Crippen LogP contribution in [-0.2, 0) is 5.41 Å². The van der Waals surface area contributed by atoms with Gasteiger partial charge in [-0.3, -0.25) is 0 Å². The summed E-state index contributed by atoms with van der Waals surface area (Å²) in [7, 11) is 0. The smallest absolute Gasteiger partial charge is 0.145 e. The Bertz CT molecular complexity index is 3450. The van der Waals surface area contributed by atoms with Crippen LogP contribution < -0.4 is 4.90 Å². The van der Waals surface area contributed by atoms with Crippen LogP contribution in [-0.4, -0.2) is 4.57 Å². The molecule has 2 aromatic heterocycles. The van der Waals surface area contributed by atoms with Crippen molar-refractivity contribution < 1.29 is 4.42 Å². The molecule has 1 aliphatic heterocycles. The van der Waals surface area contributed by atoms with E-state index in [2.05, 4.69) is 216 Å². The summed E-state index contributed by atoms with van der Waals surface area (Å²) >= 11 is 0. The van der Waals surface area contributed by atoms with E-state index in [1.54, 1.807) is 0 Å². The molecule has 0 N–H and O–H groups in total. The third kappa shape index (κ3) is 4.07. The number of anilines is 3. The zero-order valence-electron chi connectivity index (χ0n) is 31.4. The zero-order valence-corrected chi connectivity index (χ0v) is 31.4. The van der Waals surface area contributed by atoms with Crippen molar-refractivity contribution in [1.82, 2.24) is 4.57 Å². The van der Waals surface area contributed by atoms with E-state index in [9.17, 15) is 0 Å². The summed E-state index contributed by atoms with van der Waals surface area (Å²) in [6.07, 6.45) is 0. The van der Waals surface area contributed by atoms with Crippen molar-refractivity contribution >= 4 is 60.8 Å². The molecule has 9 aromatic carbocycles. The fourth-order valence-corrected chi connectivity index (χ4v) is 10.4. The monoisotopic (exact) mass is 738 g/mol. The molecule has 0 saturated carbocycles. The molecular weight excluding hydrogens is 705 g/mol. The van der Waals surface area contributed by atoms with Gasteiger partial charge in [0, 0.05) is 33.2 Å². The average Bonchev–Trinajstić information content (AvgIpc) is 3.94. The van der Waals surface area contributed by atoms with Crippen molar-refractivity contribution in [2.24, 2.45) is 0 Å². The molecule has 1 aliphatic carbocycles. The number of aromatic nitrogens is 1. The Morgan fingerprint density at radius 3 is 1.88 bits per heavy atom. The highest BCUT2D eigenvalue weighted by Crippen LogP contribution is 2.62. The van der Waals surface area contributed by atoms with Gasteiger partial charge in [0.15, 0.2) is 0 Å². The van der Waals surface area contributed by atoms with Crippen LogP contribution in [0.15, 0.2) is 211 Å². The van der Waals surface area contributed by atoms with Gasteiger partial charge in [-0.15, -0.1) is 0 Å². The predicted octanol–water partition coefficient (Wildman–Crippen LogP) is 14.5. The van der Waals surface area contributed by atoms with E-state index >= 15 is 0 Å². The molecule has 3 heteroatoms. The highest BCUT2D eigenvalue weighted by Gasteiger charge is 2.51. The van der Waals surface area contributed by atoms with E-state index in [1.165, 1.54) is 72.0 Å². The van der Waals surface area contributed by atoms with Crippen LogP contribution in [0.1, 0.15) is 22.3 Å². The van der Waals surface area contributed by atoms with Gasteiger partial charge in [0.05, 0.1) is 27.5 Å². The molecule has 0 amide bonds. The molecule has 0 bridgehead atoms. The third-order valence-electron chi connectivity index (χ3n) is 12.8. The predicted molar refractivity (Wildman–Crippen MR) is 239 cm³/mol. The van der Waals surface area contributed by atoms with E-state index in [1.807, 2.05) is 0 Å². The second-order valence-corrected chi connectivity index (χ2v) is 15.6. The summed E-state index contributed by atoms with van der Waals surface area (Å²) in [4.78, 5) is 2.40. The highest BCUT2D eigenvalue weighted by molar-refractivity contribution is 6.26. The summed E-state index contributed by atoms with van der Waals surface area (Å²) in [5.74, 6) is 0. The molecule has 58 heavy (non-hydrogen) atoms. The summed E-state index contributed by atoms with van der Waals surface area (Å²) in [5, 5.41) is 4.65. The first-order valence-electron chi connectivity index (χ1n) is 20.0. The fraction of sp³-hybridized carbons (Fsp3) is 0.0182. The van der Waals surface area contributed by atoms with Crippen LogP contribution >= 0.6 is 0 Å². The quantitative estimate of drug-likeness (QED) is 0.179. The van der Waals surface area contributed by atoms with E-state index in [0.717, 1.165) is 39.0 Å². The maximum Gasteiger partial charge on any atom is 0.145 e. The van der Waals surface area contributed by atoms with E-state index in [4.69, 9.17) is 4.42 Å². The minimum atomic E-state index is -0.618. The first-order valence-corrected chi connectivity index (χ1v) is 20.0. The van der Waals surface area contributed by atoms with Gasteiger partial charge >= 0.3 is 0 Å². The largest absolute Gasteiger partial charge is 0.455 e. The van der Waals surface area contributed by atoms with Gasteiger partial charge < -0.3 is 13.9 Å². The first kappa shape index (κ1) is 31.6. The summed E-state index contributed by atoms with van der Waals surface area (Å²) in [5.41, 5.74) is 18.2. The van der Waals surface area contributed by atoms with Crippen LogP contribution in [0.4, 0.5) is 17.1 Å². The number of fused-ring (bicyclic) bond motifs is 16. The van der Waals surface area contributed by atoms with E-state index in [-0.39, 0.29) is 0 Å². The molecule has 13 rings (SSSR count). The van der Waals surface area contributed by atoms with Crippen LogP contribution in [0.2, 0.25) is 0 Å². The Morgan fingerprint density at radius 2 is 1.03 bits per heavy atom. The molecule has 1 atom stereocenters. The lowest BCUT2D eigenvalue weighted by Crippen LogP contribution is -2.33. The number of para-hydroxylation sites is 4. The van der Waals surface area contributed by atoms with Gasteiger partial charge in [0.2, 0.25) is 0 Å². The molecular formula is C55H34N2O. The van der Waals surface area contributed by atoms with Gasteiger partial charge in [-0.1, -0.05) is 146 Å². The summed E-state index contributed by atoms with van der Waals surface area (Å²) in [6.45, 7) is 0. The standard InChI is InChI=1S/C55H34N2O/c1-3-15-35(16-4-1)36-27-29-38(30-28-36)56(37-17-5-2-6-18-37)39-31-32-41-40-19-7-10-22-45(40)55(47(41)33-39)46-23-11-13-25-50(46)57-49-24-12-8-21-43(49)52-53(57)48(55)34-44-42-20-9-14-26-51(42)58-54(44)52/h1-34H. The average molecular weight is 739 g/mol. The summed E-state index contributed by atoms with van der Waals surface area (Å²) < 4.78 is 9.36. The summed E-state index contributed by atoms with van der Waals surface area (Å²) in [6, 6.07) is 75.5.